The van der Waals surface area contributed by atoms with Crippen molar-refractivity contribution in [1.82, 2.24) is 15.0 Å². The predicted molar refractivity (Wildman–Crippen MR) is 77.0 cm³/mol. The molecule has 1 unspecified atom stereocenters. The molecule has 0 aliphatic rings. The van der Waals surface area contributed by atoms with Gasteiger partial charge in [0, 0.05) is 24.2 Å². The Balaban J connectivity index is 2.26. The zero-order valence-electron chi connectivity index (χ0n) is 11.7. The third-order valence-corrected chi connectivity index (χ3v) is 3.19. The van der Waals surface area contributed by atoms with Crippen molar-refractivity contribution in [3.05, 3.63) is 47.7 Å². The van der Waals surface area contributed by atoms with Crippen LogP contribution < -0.4 is 5.32 Å². The van der Waals surface area contributed by atoms with Gasteiger partial charge in [0.1, 0.15) is 11.6 Å². The number of aromatic nitrogens is 3. The van der Waals surface area contributed by atoms with Crippen LogP contribution in [0.3, 0.4) is 0 Å². The molecule has 1 N–H and O–H groups in total. The van der Waals surface area contributed by atoms with E-state index in [0.29, 0.717) is 0 Å². The van der Waals surface area contributed by atoms with E-state index in [1.807, 2.05) is 37.6 Å². The second-order valence-electron chi connectivity index (χ2n) is 4.53. The monoisotopic (exact) mass is 256 g/mol. The lowest BCUT2D eigenvalue weighted by Gasteiger charge is -2.19. The Morgan fingerprint density at radius 3 is 2.58 bits per heavy atom. The van der Waals surface area contributed by atoms with Gasteiger partial charge in [-0.05, 0) is 37.5 Å². The molecule has 0 radical (unpaired) electrons. The number of hydrogen-bond acceptors (Lipinski definition) is 4. The van der Waals surface area contributed by atoms with Gasteiger partial charge in [-0.15, -0.1) is 0 Å². The Morgan fingerprint density at radius 1 is 1.21 bits per heavy atom. The standard InChI is InChI=1S/C15H20N4/c1-4-12-10-17-11(3)18-15(12)19-14(5-2)13-6-8-16-9-7-13/h6-10,14H,4-5H2,1-3H3,(H,17,18,19). The molecule has 0 aliphatic heterocycles. The van der Waals surface area contributed by atoms with E-state index in [4.69, 9.17) is 0 Å². The highest BCUT2D eigenvalue weighted by atomic mass is 15.0. The minimum atomic E-state index is 0.252. The Morgan fingerprint density at radius 2 is 1.95 bits per heavy atom. The maximum absolute atomic E-state index is 4.52. The van der Waals surface area contributed by atoms with Crippen molar-refractivity contribution in [3.8, 4) is 0 Å². The van der Waals surface area contributed by atoms with Gasteiger partial charge < -0.3 is 5.32 Å². The highest BCUT2D eigenvalue weighted by molar-refractivity contribution is 5.45. The highest BCUT2D eigenvalue weighted by Gasteiger charge is 2.12. The Bertz CT molecular complexity index is 525. The first-order valence-corrected chi connectivity index (χ1v) is 6.73. The van der Waals surface area contributed by atoms with E-state index in [-0.39, 0.29) is 6.04 Å². The van der Waals surface area contributed by atoms with Crippen molar-refractivity contribution >= 4 is 5.82 Å². The van der Waals surface area contributed by atoms with Crippen LogP contribution in [0.2, 0.25) is 0 Å². The van der Waals surface area contributed by atoms with Crippen LogP contribution in [0.5, 0.6) is 0 Å². The summed E-state index contributed by atoms with van der Waals surface area (Å²) >= 11 is 0. The van der Waals surface area contributed by atoms with Crippen LogP contribution in [0, 0.1) is 6.92 Å². The van der Waals surface area contributed by atoms with Crippen molar-refractivity contribution < 1.29 is 0 Å². The van der Waals surface area contributed by atoms with Crippen LogP contribution >= 0.6 is 0 Å². The minimum absolute atomic E-state index is 0.252. The average Bonchev–Trinajstić information content (AvgIpc) is 2.46. The maximum atomic E-state index is 4.52. The number of rotatable bonds is 5. The molecule has 1 atom stereocenters. The van der Waals surface area contributed by atoms with E-state index in [0.717, 1.165) is 30.0 Å². The number of pyridine rings is 1. The van der Waals surface area contributed by atoms with Gasteiger partial charge >= 0.3 is 0 Å². The molecule has 0 saturated heterocycles. The summed E-state index contributed by atoms with van der Waals surface area (Å²) in [6, 6.07) is 4.34. The smallest absolute Gasteiger partial charge is 0.133 e. The molecule has 100 valence electrons. The first kappa shape index (κ1) is 13.5. The number of hydrogen-bond donors (Lipinski definition) is 1. The van der Waals surface area contributed by atoms with E-state index in [1.54, 1.807) is 0 Å². The average molecular weight is 256 g/mol. The topological polar surface area (TPSA) is 50.7 Å². The SMILES string of the molecule is CCc1cnc(C)nc1NC(CC)c1ccncc1. The fourth-order valence-corrected chi connectivity index (χ4v) is 2.06. The predicted octanol–water partition coefficient (Wildman–Crippen LogP) is 3.31. The van der Waals surface area contributed by atoms with E-state index in [2.05, 4.69) is 34.1 Å². The summed E-state index contributed by atoms with van der Waals surface area (Å²) in [4.78, 5) is 12.8. The lowest BCUT2D eigenvalue weighted by atomic mass is 10.1. The first-order chi connectivity index (χ1) is 9.24. The molecular weight excluding hydrogens is 236 g/mol. The van der Waals surface area contributed by atoms with Crippen molar-refractivity contribution in [1.29, 1.82) is 0 Å². The second-order valence-corrected chi connectivity index (χ2v) is 4.53. The molecule has 2 aromatic rings. The third-order valence-electron chi connectivity index (χ3n) is 3.19. The van der Waals surface area contributed by atoms with Gasteiger partial charge in [0.25, 0.3) is 0 Å². The molecule has 4 nitrogen and oxygen atoms in total. The van der Waals surface area contributed by atoms with Crippen LogP contribution in [-0.4, -0.2) is 15.0 Å². The van der Waals surface area contributed by atoms with Crippen LogP contribution in [-0.2, 0) is 6.42 Å². The molecule has 0 spiro atoms. The molecule has 0 fully saturated rings. The van der Waals surface area contributed by atoms with Crippen molar-refractivity contribution in [2.45, 2.75) is 39.7 Å². The molecule has 2 aromatic heterocycles. The molecule has 0 aliphatic carbocycles. The zero-order valence-corrected chi connectivity index (χ0v) is 11.7. The van der Waals surface area contributed by atoms with Gasteiger partial charge in [-0.2, -0.15) is 0 Å². The fraction of sp³-hybridized carbons (Fsp3) is 0.400. The summed E-state index contributed by atoms with van der Waals surface area (Å²) in [5.74, 6) is 1.74. The van der Waals surface area contributed by atoms with Crippen LogP contribution in [0.4, 0.5) is 5.82 Å². The Kier molecular flexibility index (Phi) is 4.44. The van der Waals surface area contributed by atoms with E-state index < -0.39 is 0 Å². The van der Waals surface area contributed by atoms with Gasteiger partial charge in [0.15, 0.2) is 0 Å². The van der Waals surface area contributed by atoms with Gasteiger partial charge in [-0.3, -0.25) is 4.98 Å². The maximum Gasteiger partial charge on any atom is 0.133 e. The second kappa shape index (κ2) is 6.27. The molecule has 2 heterocycles. The van der Waals surface area contributed by atoms with Crippen molar-refractivity contribution in [2.24, 2.45) is 0 Å². The number of nitrogens with zero attached hydrogens (tertiary/aromatic N) is 3. The summed E-state index contributed by atoms with van der Waals surface area (Å²) in [5, 5.41) is 3.53. The van der Waals surface area contributed by atoms with Crippen LogP contribution in [0.1, 0.15) is 43.3 Å². The number of anilines is 1. The summed E-state index contributed by atoms with van der Waals surface area (Å²) in [6.07, 6.45) is 7.48. The quantitative estimate of drug-likeness (QED) is 0.891. The molecule has 4 heteroatoms. The van der Waals surface area contributed by atoms with Crippen molar-refractivity contribution in [3.63, 3.8) is 0 Å². The first-order valence-electron chi connectivity index (χ1n) is 6.73. The number of aryl methyl sites for hydroxylation is 2. The molecule has 0 aromatic carbocycles. The minimum Gasteiger partial charge on any atom is -0.363 e. The van der Waals surface area contributed by atoms with Gasteiger partial charge in [0.05, 0.1) is 6.04 Å². The number of nitrogens with one attached hydrogen (secondary N) is 1. The lowest BCUT2D eigenvalue weighted by molar-refractivity contribution is 0.738. The summed E-state index contributed by atoms with van der Waals surface area (Å²) in [6.45, 7) is 6.20. The highest BCUT2D eigenvalue weighted by Crippen LogP contribution is 2.23. The van der Waals surface area contributed by atoms with Gasteiger partial charge in [0.2, 0.25) is 0 Å². The summed E-state index contributed by atoms with van der Waals surface area (Å²) in [7, 11) is 0. The zero-order chi connectivity index (χ0) is 13.7. The van der Waals surface area contributed by atoms with Crippen LogP contribution in [0.25, 0.3) is 0 Å². The Hall–Kier alpha value is -1.97. The lowest BCUT2D eigenvalue weighted by Crippen LogP contribution is -2.13. The summed E-state index contributed by atoms with van der Waals surface area (Å²) < 4.78 is 0. The molecule has 0 bridgehead atoms. The Labute approximate surface area is 114 Å². The normalized spacial score (nSPS) is 12.2. The molecule has 0 saturated carbocycles. The van der Waals surface area contributed by atoms with Crippen LogP contribution in [0.15, 0.2) is 30.7 Å². The van der Waals surface area contributed by atoms with Crippen molar-refractivity contribution in [2.75, 3.05) is 5.32 Å². The molecular formula is C15H20N4. The van der Waals surface area contributed by atoms with E-state index in [1.165, 1.54) is 5.56 Å². The van der Waals surface area contributed by atoms with Gasteiger partial charge in [-0.1, -0.05) is 13.8 Å². The molecule has 2 rings (SSSR count). The van der Waals surface area contributed by atoms with E-state index in [9.17, 15) is 0 Å². The fourth-order valence-electron chi connectivity index (χ4n) is 2.06. The third kappa shape index (κ3) is 3.28. The van der Waals surface area contributed by atoms with Gasteiger partial charge in [-0.25, -0.2) is 9.97 Å². The molecule has 0 amide bonds. The molecule has 19 heavy (non-hydrogen) atoms. The van der Waals surface area contributed by atoms with E-state index >= 15 is 0 Å². The largest absolute Gasteiger partial charge is 0.363 e. The summed E-state index contributed by atoms with van der Waals surface area (Å²) in [5.41, 5.74) is 2.38.